The van der Waals surface area contributed by atoms with E-state index in [2.05, 4.69) is 4.98 Å². The Bertz CT molecular complexity index is 1110. The zero-order valence-electron chi connectivity index (χ0n) is 14.5. The van der Waals surface area contributed by atoms with Crippen molar-refractivity contribution in [3.8, 4) is 5.75 Å². The molecule has 0 unspecified atom stereocenters. The largest absolute Gasteiger partial charge is 0.496 e. The van der Waals surface area contributed by atoms with Gasteiger partial charge in [-0.2, -0.15) is 0 Å². The summed E-state index contributed by atoms with van der Waals surface area (Å²) >= 11 is 0. The number of nitro groups is 1. The fraction of sp³-hybridized carbons (Fsp3) is 0.167. The van der Waals surface area contributed by atoms with E-state index in [0.29, 0.717) is 5.65 Å². The second-order valence-corrected chi connectivity index (χ2v) is 5.69. The molecule has 0 aliphatic heterocycles. The quantitative estimate of drug-likeness (QED) is 0.385. The number of esters is 1. The number of ether oxygens (including phenoxy) is 2. The fourth-order valence-corrected chi connectivity index (χ4v) is 2.57. The SMILES string of the molecule is COc1ccc([N+](=O)[O-])cc1C(=O)OCc1cc(=O)n2cccc(C)c2n1. The molecule has 0 saturated heterocycles. The summed E-state index contributed by atoms with van der Waals surface area (Å²) in [6.07, 6.45) is 1.60. The number of carbonyl (C=O) groups excluding carboxylic acids is 1. The number of aryl methyl sites for hydroxylation is 1. The van der Waals surface area contributed by atoms with E-state index in [-0.39, 0.29) is 34.9 Å². The van der Waals surface area contributed by atoms with E-state index in [1.807, 2.05) is 13.0 Å². The lowest BCUT2D eigenvalue weighted by molar-refractivity contribution is -0.384. The standard InChI is InChI=1S/C18H15N3O6/c1-11-4-3-7-20-16(22)8-12(19-17(11)20)10-27-18(23)14-9-13(21(24)25)5-6-15(14)26-2/h3-9H,10H2,1-2H3. The van der Waals surface area contributed by atoms with E-state index in [1.54, 1.807) is 12.3 Å². The molecule has 2 aromatic heterocycles. The molecule has 0 radical (unpaired) electrons. The number of pyridine rings is 1. The molecule has 0 fully saturated rings. The number of nitrogens with zero attached hydrogens (tertiary/aromatic N) is 3. The van der Waals surface area contributed by atoms with Gasteiger partial charge in [-0.05, 0) is 24.6 Å². The van der Waals surface area contributed by atoms with Crippen LogP contribution < -0.4 is 10.3 Å². The van der Waals surface area contributed by atoms with Gasteiger partial charge in [-0.25, -0.2) is 9.78 Å². The van der Waals surface area contributed by atoms with Gasteiger partial charge in [0.05, 0.1) is 17.7 Å². The number of carbonyl (C=O) groups is 1. The third-order valence-corrected chi connectivity index (χ3v) is 3.90. The predicted octanol–water partition coefficient (Wildman–Crippen LogP) is 2.28. The summed E-state index contributed by atoms with van der Waals surface area (Å²) in [7, 11) is 1.34. The summed E-state index contributed by atoms with van der Waals surface area (Å²) in [5.41, 5.74) is 0.877. The predicted molar refractivity (Wildman–Crippen MR) is 95.0 cm³/mol. The van der Waals surface area contributed by atoms with E-state index >= 15 is 0 Å². The number of hydrogen-bond acceptors (Lipinski definition) is 7. The van der Waals surface area contributed by atoms with E-state index < -0.39 is 10.9 Å². The Labute approximate surface area is 152 Å². The van der Waals surface area contributed by atoms with Gasteiger partial charge in [0.15, 0.2) is 0 Å². The number of rotatable bonds is 5. The van der Waals surface area contributed by atoms with Crippen LogP contribution in [0.5, 0.6) is 5.75 Å². The zero-order chi connectivity index (χ0) is 19.6. The third kappa shape index (κ3) is 3.61. The van der Waals surface area contributed by atoms with Crippen molar-refractivity contribution >= 4 is 17.3 Å². The number of aromatic nitrogens is 2. The average Bonchev–Trinajstić information content (AvgIpc) is 2.66. The second-order valence-electron chi connectivity index (χ2n) is 5.69. The third-order valence-electron chi connectivity index (χ3n) is 3.90. The first-order valence-electron chi connectivity index (χ1n) is 7.88. The Balaban J connectivity index is 1.87. The van der Waals surface area contributed by atoms with Gasteiger partial charge in [0.1, 0.15) is 23.6 Å². The molecule has 0 spiro atoms. The second kappa shape index (κ2) is 7.24. The molecule has 0 amide bonds. The first-order valence-corrected chi connectivity index (χ1v) is 7.88. The minimum Gasteiger partial charge on any atom is -0.496 e. The van der Waals surface area contributed by atoms with Gasteiger partial charge in [0.25, 0.3) is 11.2 Å². The molecule has 3 rings (SSSR count). The molecule has 0 bridgehead atoms. The molecular formula is C18H15N3O6. The maximum absolute atomic E-state index is 12.4. The van der Waals surface area contributed by atoms with Crippen LogP contribution in [0.25, 0.3) is 5.65 Å². The van der Waals surface area contributed by atoms with E-state index in [4.69, 9.17) is 9.47 Å². The normalized spacial score (nSPS) is 10.6. The van der Waals surface area contributed by atoms with Crippen molar-refractivity contribution in [2.75, 3.05) is 7.11 Å². The van der Waals surface area contributed by atoms with Crippen LogP contribution in [0.1, 0.15) is 21.6 Å². The Kier molecular flexibility index (Phi) is 4.84. The van der Waals surface area contributed by atoms with Gasteiger partial charge in [-0.3, -0.25) is 19.3 Å². The van der Waals surface area contributed by atoms with Crippen LogP contribution >= 0.6 is 0 Å². The van der Waals surface area contributed by atoms with Crippen molar-refractivity contribution in [2.24, 2.45) is 0 Å². The smallest absolute Gasteiger partial charge is 0.342 e. The summed E-state index contributed by atoms with van der Waals surface area (Å²) < 4.78 is 11.6. The zero-order valence-corrected chi connectivity index (χ0v) is 14.5. The highest BCUT2D eigenvalue weighted by Gasteiger charge is 2.19. The summed E-state index contributed by atoms with van der Waals surface area (Å²) in [5, 5.41) is 10.9. The van der Waals surface area contributed by atoms with Gasteiger partial charge in [-0.15, -0.1) is 0 Å². The molecule has 2 heterocycles. The molecule has 0 aliphatic rings. The molecule has 0 saturated carbocycles. The molecule has 0 atom stereocenters. The Morgan fingerprint density at radius 3 is 2.78 bits per heavy atom. The maximum atomic E-state index is 12.4. The average molecular weight is 369 g/mol. The number of hydrogen-bond donors (Lipinski definition) is 0. The topological polar surface area (TPSA) is 113 Å². The lowest BCUT2D eigenvalue weighted by atomic mass is 10.2. The summed E-state index contributed by atoms with van der Waals surface area (Å²) in [4.78, 5) is 39.2. The molecule has 1 aromatic carbocycles. The first kappa shape index (κ1) is 18.1. The number of fused-ring (bicyclic) bond motifs is 1. The van der Waals surface area contributed by atoms with Crippen LogP contribution in [0.4, 0.5) is 5.69 Å². The van der Waals surface area contributed by atoms with Crippen LogP contribution in [-0.2, 0) is 11.3 Å². The summed E-state index contributed by atoms with van der Waals surface area (Å²) in [5.74, 6) is -0.671. The van der Waals surface area contributed by atoms with Gasteiger partial charge < -0.3 is 9.47 Å². The van der Waals surface area contributed by atoms with Crippen LogP contribution in [0, 0.1) is 17.0 Å². The molecule has 0 N–H and O–H groups in total. The maximum Gasteiger partial charge on any atom is 0.342 e. The van der Waals surface area contributed by atoms with Gasteiger partial charge in [0.2, 0.25) is 0 Å². The van der Waals surface area contributed by atoms with E-state index in [1.165, 1.54) is 29.7 Å². The van der Waals surface area contributed by atoms with Gasteiger partial charge in [0, 0.05) is 24.4 Å². The Morgan fingerprint density at radius 1 is 1.30 bits per heavy atom. The van der Waals surface area contributed by atoms with Crippen LogP contribution in [0.15, 0.2) is 47.4 Å². The molecule has 27 heavy (non-hydrogen) atoms. The van der Waals surface area contributed by atoms with Crippen molar-refractivity contribution < 1.29 is 19.2 Å². The van der Waals surface area contributed by atoms with Crippen LogP contribution in [-0.4, -0.2) is 27.4 Å². The lowest BCUT2D eigenvalue weighted by Crippen LogP contribution is -2.17. The minimum atomic E-state index is -0.817. The molecule has 138 valence electrons. The molecule has 9 nitrogen and oxygen atoms in total. The van der Waals surface area contributed by atoms with Crippen molar-refractivity contribution in [1.29, 1.82) is 0 Å². The summed E-state index contributed by atoms with van der Waals surface area (Å²) in [6, 6.07) is 8.44. The van der Waals surface area contributed by atoms with Crippen LogP contribution in [0.3, 0.4) is 0 Å². The molecular weight excluding hydrogens is 354 g/mol. The highest BCUT2D eigenvalue weighted by molar-refractivity contribution is 5.93. The number of non-ortho nitro benzene ring substituents is 1. The van der Waals surface area contributed by atoms with Gasteiger partial charge >= 0.3 is 5.97 Å². The highest BCUT2D eigenvalue weighted by Crippen LogP contribution is 2.25. The van der Waals surface area contributed by atoms with E-state index in [0.717, 1.165) is 11.6 Å². The fourth-order valence-electron chi connectivity index (χ4n) is 2.57. The summed E-state index contributed by atoms with van der Waals surface area (Å²) in [6.45, 7) is 1.55. The van der Waals surface area contributed by atoms with Crippen molar-refractivity contribution in [3.05, 3.63) is 79.9 Å². The van der Waals surface area contributed by atoms with Crippen molar-refractivity contribution in [3.63, 3.8) is 0 Å². The number of nitro benzene ring substituents is 1. The van der Waals surface area contributed by atoms with Gasteiger partial charge in [-0.1, -0.05) is 6.07 Å². The Morgan fingerprint density at radius 2 is 2.07 bits per heavy atom. The first-order chi connectivity index (χ1) is 12.9. The molecule has 0 aliphatic carbocycles. The van der Waals surface area contributed by atoms with E-state index in [9.17, 15) is 19.7 Å². The number of methoxy groups -OCH3 is 1. The van der Waals surface area contributed by atoms with Crippen LogP contribution in [0.2, 0.25) is 0 Å². The highest BCUT2D eigenvalue weighted by atomic mass is 16.6. The van der Waals surface area contributed by atoms with Crippen molar-refractivity contribution in [2.45, 2.75) is 13.5 Å². The van der Waals surface area contributed by atoms with Crippen molar-refractivity contribution in [1.82, 2.24) is 9.38 Å². The molecule has 3 aromatic rings. The lowest BCUT2D eigenvalue weighted by Gasteiger charge is -2.09. The monoisotopic (exact) mass is 369 g/mol. The Hall–Kier alpha value is -3.75. The number of benzene rings is 1. The molecule has 9 heteroatoms. The minimum absolute atomic E-state index is 0.0830.